The van der Waals surface area contributed by atoms with Crippen LogP contribution < -0.4 is 19.9 Å². The van der Waals surface area contributed by atoms with E-state index in [2.05, 4.69) is 329 Å². The van der Waals surface area contributed by atoms with Crippen molar-refractivity contribution < 1.29 is 23.9 Å². The fraction of sp³-hybridized carbons (Fsp3) is 0.617. The summed E-state index contributed by atoms with van der Waals surface area (Å²) in [7, 11) is 2.20. The zero-order valence-electron chi connectivity index (χ0n) is 81.2. The van der Waals surface area contributed by atoms with Gasteiger partial charge in [0.2, 0.25) is 5.91 Å². The van der Waals surface area contributed by atoms with Crippen LogP contribution in [0, 0.1) is 23.2 Å². The first kappa shape index (κ1) is 102. The van der Waals surface area contributed by atoms with Crippen LogP contribution in [0.2, 0.25) is 0 Å². The van der Waals surface area contributed by atoms with E-state index < -0.39 is 0 Å². The summed E-state index contributed by atoms with van der Waals surface area (Å²) in [6, 6.07) is 52.8. The highest BCUT2D eigenvalue weighted by molar-refractivity contribution is 5.94. The van der Waals surface area contributed by atoms with Gasteiger partial charge in [-0.05, 0) is 237 Å². The van der Waals surface area contributed by atoms with Gasteiger partial charge in [0.25, 0.3) is 11.8 Å². The van der Waals surface area contributed by atoms with Crippen LogP contribution >= 0.6 is 0 Å². The molecule has 14 nitrogen and oxygen atoms in total. The number of anilines is 2. The van der Waals surface area contributed by atoms with Crippen LogP contribution in [0.15, 0.2) is 146 Å². The van der Waals surface area contributed by atoms with Crippen LogP contribution in [0.1, 0.15) is 291 Å². The SMILES string of the molecule is CC(=O)N1CC(N2CCC(C#CC(C)(C)C)CC2)C1.CC(C)(C)c1ccc(C(=O)N2CCCCC2)cc1.CCCOc1ccc(C(C)(C)C)cc1.CCN1CCN(Cc2ccc(C(C)(C)C)cc2)CC1.CCN1CCN(c2ccc(C(C)(C)C)cc2)CC1.CCNC(=O)c1ccc(C(C)(C)C)cc1.CN(c1ccc(C(C)(C)C)cc1)C1CCOCC1. The van der Waals surface area contributed by atoms with Gasteiger partial charge in [0.1, 0.15) is 5.75 Å². The van der Waals surface area contributed by atoms with Gasteiger partial charge in [0.15, 0.2) is 0 Å². The molecule has 670 valence electrons. The van der Waals surface area contributed by atoms with Crippen molar-refractivity contribution in [1.82, 2.24) is 34.7 Å². The molecular weight excluding hydrogens is 1490 g/mol. The Hall–Kier alpha value is -7.51. The minimum absolute atomic E-state index is 0.00189. The Labute approximate surface area is 738 Å². The van der Waals surface area contributed by atoms with Gasteiger partial charge in [-0.3, -0.25) is 24.2 Å². The minimum Gasteiger partial charge on any atom is -0.494 e. The lowest BCUT2D eigenvalue weighted by molar-refractivity contribution is -0.136. The number of ether oxygens (including phenoxy) is 2. The van der Waals surface area contributed by atoms with Crippen LogP contribution in [0.4, 0.5) is 11.4 Å². The number of likely N-dealkylation sites (N-methyl/N-ethyl adjacent to an activating group) is 2. The van der Waals surface area contributed by atoms with Gasteiger partial charge < -0.3 is 44.2 Å². The molecular formula is C107H167N9O5. The van der Waals surface area contributed by atoms with Crippen molar-refractivity contribution in [2.24, 2.45) is 11.3 Å². The van der Waals surface area contributed by atoms with E-state index in [9.17, 15) is 14.4 Å². The van der Waals surface area contributed by atoms with Crippen molar-refractivity contribution in [3.8, 4) is 17.6 Å². The molecule has 0 unspecified atom stereocenters. The number of nitrogens with one attached hydrogen (secondary N) is 1. The lowest BCUT2D eigenvalue weighted by Crippen LogP contribution is -2.61. The predicted octanol–water partition coefficient (Wildman–Crippen LogP) is 21.9. The first-order chi connectivity index (χ1) is 56.8. The lowest BCUT2D eigenvalue weighted by atomic mass is 9.86. The Bertz CT molecular complexity index is 4000. The van der Waals surface area contributed by atoms with Gasteiger partial charge in [0.05, 0.1) is 6.61 Å². The summed E-state index contributed by atoms with van der Waals surface area (Å²) in [5, 5.41) is 2.78. The third-order valence-corrected chi connectivity index (χ3v) is 24.1. The topological polar surface area (TPSA) is 108 Å². The zero-order valence-corrected chi connectivity index (χ0v) is 81.2. The molecule has 0 aromatic heterocycles. The molecule has 12 rings (SSSR count). The maximum absolute atomic E-state index is 12.3. The van der Waals surface area contributed by atoms with Crippen molar-refractivity contribution in [1.29, 1.82) is 0 Å². The van der Waals surface area contributed by atoms with Crippen LogP contribution in [0.25, 0.3) is 0 Å². The molecule has 121 heavy (non-hydrogen) atoms. The van der Waals surface area contributed by atoms with E-state index in [-0.39, 0.29) is 55.6 Å². The first-order valence-corrected chi connectivity index (χ1v) is 46.4. The normalized spacial score (nSPS) is 17.0. The zero-order chi connectivity index (χ0) is 89.5. The molecule has 1 N–H and O–H groups in total. The number of piperidine rings is 2. The third kappa shape index (κ3) is 35.9. The number of piperazine rings is 2. The summed E-state index contributed by atoms with van der Waals surface area (Å²) < 4.78 is 10.9. The van der Waals surface area contributed by atoms with Gasteiger partial charge in [-0.2, -0.15) is 0 Å². The average molecular weight is 1660 g/mol. The van der Waals surface area contributed by atoms with E-state index in [0.717, 1.165) is 128 Å². The summed E-state index contributed by atoms with van der Waals surface area (Å²) >= 11 is 0. The number of hydrogen-bond acceptors (Lipinski definition) is 11. The first-order valence-electron chi connectivity index (χ1n) is 46.4. The molecule has 0 saturated carbocycles. The Kier molecular flexibility index (Phi) is 40.7. The average Bonchev–Trinajstić information content (AvgIpc) is 0.822. The van der Waals surface area contributed by atoms with E-state index in [4.69, 9.17) is 9.47 Å². The van der Waals surface area contributed by atoms with Gasteiger partial charge in [-0.15, -0.1) is 0 Å². The maximum atomic E-state index is 12.3. The minimum atomic E-state index is -0.00189. The molecule has 0 spiro atoms. The summed E-state index contributed by atoms with van der Waals surface area (Å²) in [5.41, 5.74) is 15.1. The highest BCUT2D eigenvalue weighted by Gasteiger charge is 2.35. The Morgan fingerprint density at radius 2 is 0.851 bits per heavy atom. The molecule has 0 bridgehead atoms. The second-order valence-corrected chi connectivity index (χ2v) is 41.5. The van der Waals surface area contributed by atoms with E-state index >= 15 is 0 Å². The Morgan fingerprint density at radius 3 is 1.26 bits per heavy atom. The number of hydrogen-bond donors (Lipinski definition) is 1. The molecule has 3 amide bonds. The number of carbonyl (C=O) groups is 3. The number of carbonyl (C=O) groups excluding carboxylic acids is 3. The van der Waals surface area contributed by atoms with Crippen molar-refractivity contribution in [2.75, 3.05) is 148 Å². The largest absolute Gasteiger partial charge is 0.494 e. The number of amides is 3. The lowest BCUT2D eigenvalue weighted by Gasteiger charge is -2.47. The monoisotopic (exact) mass is 1660 g/mol. The smallest absolute Gasteiger partial charge is 0.253 e. The van der Waals surface area contributed by atoms with Crippen LogP contribution in [-0.4, -0.2) is 197 Å². The number of likely N-dealkylation sites (tertiary alicyclic amines) is 3. The second-order valence-electron chi connectivity index (χ2n) is 41.5. The number of benzene rings is 6. The molecule has 6 aliphatic rings. The molecule has 6 heterocycles. The molecule has 0 aliphatic carbocycles. The van der Waals surface area contributed by atoms with E-state index in [1.165, 1.54) is 122 Å². The molecule has 6 saturated heterocycles. The summed E-state index contributed by atoms with van der Waals surface area (Å²) in [6.45, 7) is 79.0. The fourth-order valence-corrected chi connectivity index (χ4v) is 15.3. The van der Waals surface area contributed by atoms with Crippen molar-refractivity contribution in [2.45, 2.75) is 283 Å². The van der Waals surface area contributed by atoms with E-state index in [1.807, 2.05) is 53.1 Å². The third-order valence-electron chi connectivity index (χ3n) is 24.1. The van der Waals surface area contributed by atoms with Gasteiger partial charge in [-0.1, -0.05) is 242 Å². The van der Waals surface area contributed by atoms with Crippen molar-refractivity contribution >= 4 is 29.1 Å². The van der Waals surface area contributed by atoms with E-state index in [0.29, 0.717) is 24.5 Å². The van der Waals surface area contributed by atoms with Crippen molar-refractivity contribution in [3.63, 3.8) is 0 Å². The fourth-order valence-electron chi connectivity index (χ4n) is 15.3. The molecule has 14 heteroatoms. The highest BCUT2D eigenvalue weighted by atomic mass is 16.5. The summed E-state index contributed by atoms with van der Waals surface area (Å²) in [6.07, 6.45) is 9.24. The second kappa shape index (κ2) is 48.1. The van der Waals surface area contributed by atoms with Crippen LogP contribution in [-0.2, 0) is 48.6 Å². The predicted molar refractivity (Wildman–Crippen MR) is 516 cm³/mol. The van der Waals surface area contributed by atoms with Gasteiger partial charge >= 0.3 is 0 Å². The van der Waals surface area contributed by atoms with Gasteiger partial charge in [-0.25, -0.2) is 0 Å². The van der Waals surface area contributed by atoms with Crippen LogP contribution in [0.3, 0.4) is 0 Å². The van der Waals surface area contributed by atoms with Crippen LogP contribution in [0.5, 0.6) is 5.75 Å². The number of rotatable bonds is 14. The molecule has 6 aromatic carbocycles. The standard InChI is InChI=1S/C17H28N2.C16H26N2O.C16H26N2.C16H25NO.C16H23NO.C13H19NO.C13H20O/c1-5-18-10-12-19(13-11-18)14-15-6-8-16(9-7-15)17(2,3)4;1-13(19)18-11-15(12-18)17-9-6-14(7-10-17)5-8-16(2,3)4;1-5-17-10-12-18(13-11-17)15-8-6-14(7-9-15)16(2,3)4;1-16(2,3)13-5-7-14(8-6-13)17(4)15-9-11-18-12-10-15;1-16(2,3)14-9-7-13(8-10-14)15(18)17-11-5-4-6-12-17;1-5-14-12(15)10-6-8-11(9-7-10)13(2,3)4;1-5-10-14-12-8-6-11(7-9-12)13(2,3)4/h6-9H,5,10-14H2,1-4H3;14-15H,6-7,9-12H2,1-4H3;6-9H,5,10-13H2,1-4H3;5-8,15H,9-12H2,1-4H3;7-10H,4-6,11-12H2,1-3H3;6-9H,5H2,1-4H3,(H,14,15);6-9H,5,10H2,1-4H3. The molecule has 6 aromatic rings. The molecule has 6 fully saturated rings. The molecule has 0 radical (unpaired) electrons. The number of nitrogens with zero attached hydrogens (tertiary/aromatic N) is 8. The highest BCUT2D eigenvalue weighted by Crippen LogP contribution is 2.32. The molecule has 6 aliphatic heterocycles. The summed E-state index contributed by atoms with van der Waals surface area (Å²) in [4.78, 5) is 53.9. The van der Waals surface area contributed by atoms with Crippen molar-refractivity contribution in [3.05, 3.63) is 196 Å². The Morgan fingerprint density at radius 1 is 0.455 bits per heavy atom. The maximum Gasteiger partial charge on any atom is 0.253 e. The van der Waals surface area contributed by atoms with Gasteiger partial charge in [0, 0.05) is 165 Å². The Balaban J connectivity index is 0.000000219. The molecule has 0 atom stereocenters. The quantitative estimate of drug-likeness (QED) is 0.105. The summed E-state index contributed by atoms with van der Waals surface area (Å²) in [5.74, 6) is 8.75. The van der Waals surface area contributed by atoms with E-state index in [1.54, 1.807) is 6.92 Å².